The Bertz CT molecular complexity index is 432. The largest absolute Gasteiger partial charge is 0.336 e. The quantitative estimate of drug-likeness (QED) is 0.824. The number of nitrogens with one attached hydrogen (secondary N) is 1. The number of nitrogens with zero attached hydrogens (tertiary/aromatic N) is 1. The van der Waals surface area contributed by atoms with Gasteiger partial charge in [0.25, 0.3) is 0 Å². The van der Waals surface area contributed by atoms with Gasteiger partial charge >= 0.3 is 0 Å². The monoisotopic (exact) mass is 324 g/mol. The molecule has 1 saturated heterocycles. The van der Waals surface area contributed by atoms with Crippen molar-refractivity contribution in [3.8, 4) is 0 Å². The van der Waals surface area contributed by atoms with Crippen LogP contribution in [0.25, 0.3) is 0 Å². The van der Waals surface area contributed by atoms with E-state index in [1.54, 1.807) is 0 Å². The van der Waals surface area contributed by atoms with Crippen LogP contribution >= 0.6 is 12.4 Å². The van der Waals surface area contributed by atoms with E-state index in [1.165, 1.54) is 12.0 Å². The molecule has 1 heterocycles. The van der Waals surface area contributed by atoms with Crippen LogP contribution in [0.4, 0.5) is 0 Å². The highest BCUT2D eigenvalue weighted by atomic mass is 35.5. The average molecular weight is 325 g/mol. The van der Waals surface area contributed by atoms with Crippen LogP contribution in [-0.4, -0.2) is 29.9 Å². The topological polar surface area (TPSA) is 32.3 Å². The number of halogens is 1. The van der Waals surface area contributed by atoms with E-state index in [4.69, 9.17) is 0 Å². The zero-order valence-corrected chi connectivity index (χ0v) is 14.6. The first-order valence-corrected chi connectivity index (χ1v) is 8.30. The number of hydrogen-bond acceptors (Lipinski definition) is 2. The third kappa shape index (κ3) is 5.29. The summed E-state index contributed by atoms with van der Waals surface area (Å²) in [5, 5.41) is 3.43. The van der Waals surface area contributed by atoms with Crippen LogP contribution in [0.2, 0.25) is 0 Å². The fourth-order valence-electron chi connectivity index (χ4n) is 3.03. The highest BCUT2D eigenvalue weighted by Gasteiger charge is 2.25. The van der Waals surface area contributed by atoms with Crippen molar-refractivity contribution in [3.63, 3.8) is 0 Å². The predicted molar refractivity (Wildman–Crippen MR) is 94.4 cm³/mol. The Morgan fingerprint density at radius 2 is 2.09 bits per heavy atom. The van der Waals surface area contributed by atoms with E-state index >= 15 is 0 Å². The molecule has 2 rings (SSSR count). The third-order valence-electron chi connectivity index (χ3n) is 4.41. The fourth-order valence-corrected chi connectivity index (χ4v) is 3.03. The molecule has 0 radical (unpaired) electrons. The van der Waals surface area contributed by atoms with Crippen LogP contribution in [0.15, 0.2) is 30.3 Å². The third-order valence-corrected chi connectivity index (χ3v) is 4.41. The van der Waals surface area contributed by atoms with E-state index in [0.717, 1.165) is 32.4 Å². The molecule has 124 valence electrons. The van der Waals surface area contributed by atoms with Crippen LogP contribution in [0, 0.1) is 0 Å². The Morgan fingerprint density at radius 1 is 1.36 bits per heavy atom. The van der Waals surface area contributed by atoms with Crippen LogP contribution in [-0.2, 0) is 4.79 Å². The Hall–Kier alpha value is -1.06. The summed E-state index contributed by atoms with van der Waals surface area (Å²) < 4.78 is 0. The van der Waals surface area contributed by atoms with E-state index in [9.17, 15) is 4.79 Å². The molecule has 1 aromatic carbocycles. The molecule has 0 bridgehead atoms. The minimum absolute atomic E-state index is 0. The molecule has 1 fully saturated rings. The van der Waals surface area contributed by atoms with E-state index in [0.29, 0.717) is 18.4 Å². The van der Waals surface area contributed by atoms with E-state index in [-0.39, 0.29) is 18.4 Å². The summed E-state index contributed by atoms with van der Waals surface area (Å²) in [6.45, 7) is 6.23. The number of rotatable bonds is 7. The maximum absolute atomic E-state index is 12.7. The zero-order valence-electron chi connectivity index (χ0n) is 13.8. The Labute approximate surface area is 140 Å². The lowest BCUT2D eigenvalue weighted by molar-refractivity contribution is -0.134. The average Bonchev–Trinajstić information content (AvgIpc) is 3.01. The molecule has 3 nitrogen and oxygen atoms in total. The van der Waals surface area contributed by atoms with Gasteiger partial charge in [-0.25, -0.2) is 0 Å². The summed E-state index contributed by atoms with van der Waals surface area (Å²) in [7, 11) is 0. The maximum atomic E-state index is 12.7. The summed E-state index contributed by atoms with van der Waals surface area (Å²) in [5.74, 6) is 0.291. The van der Waals surface area contributed by atoms with Crippen molar-refractivity contribution >= 4 is 18.3 Å². The Morgan fingerprint density at radius 3 is 2.68 bits per heavy atom. The first-order valence-electron chi connectivity index (χ1n) is 8.30. The normalized spacial score (nSPS) is 18.5. The van der Waals surface area contributed by atoms with Crippen molar-refractivity contribution in [3.05, 3.63) is 35.9 Å². The standard InChI is InChI=1S/C18H28N2O.ClH/c1-3-4-13-20(15(2)16-9-6-5-7-10-16)18(21)14-17-11-8-12-19-17;/h5-7,9-10,15,17,19H,3-4,8,11-14H2,1-2H3;1H. The van der Waals surface area contributed by atoms with Crippen LogP contribution in [0.1, 0.15) is 57.6 Å². The minimum Gasteiger partial charge on any atom is -0.336 e. The molecule has 1 N–H and O–H groups in total. The van der Waals surface area contributed by atoms with Crippen molar-refractivity contribution in [2.75, 3.05) is 13.1 Å². The molecular weight excluding hydrogens is 296 g/mol. The number of carbonyl (C=O) groups is 1. The second-order valence-electron chi connectivity index (χ2n) is 6.02. The van der Waals surface area contributed by atoms with Crippen LogP contribution in [0.5, 0.6) is 0 Å². The summed E-state index contributed by atoms with van der Waals surface area (Å²) >= 11 is 0. The molecule has 1 aromatic rings. The lowest BCUT2D eigenvalue weighted by Gasteiger charge is -2.30. The smallest absolute Gasteiger partial charge is 0.224 e. The first-order chi connectivity index (χ1) is 10.2. The number of amides is 1. The summed E-state index contributed by atoms with van der Waals surface area (Å²) in [4.78, 5) is 14.8. The molecule has 4 heteroatoms. The van der Waals surface area contributed by atoms with Gasteiger partial charge in [-0.1, -0.05) is 43.7 Å². The fraction of sp³-hybridized carbons (Fsp3) is 0.611. The highest BCUT2D eigenvalue weighted by Crippen LogP contribution is 2.22. The van der Waals surface area contributed by atoms with E-state index < -0.39 is 0 Å². The van der Waals surface area contributed by atoms with Crippen LogP contribution in [0.3, 0.4) is 0 Å². The van der Waals surface area contributed by atoms with E-state index in [1.807, 2.05) is 18.2 Å². The van der Waals surface area contributed by atoms with Gasteiger partial charge in [0.15, 0.2) is 0 Å². The SMILES string of the molecule is CCCCN(C(=O)CC1CCCN1)C(C)c1ccccc1.Cl. The lowest BCUT2D eigenvalue weighted by Crippen LogP contribution is -2.38. The molecule has 2 unspecified atom stereocenters. The molecule has 1 aliphatic heterocycles. The second-order valence-corrected chi connectivity index (χ2v) is 6.02. The highest BCUT2D eigenvalue weighted by molar-refractivity contribution is 5.85. The number of carbonyl (C=O) groups excluding carboxylic acids is 1. The van der Waals surface area contributed by atoms with Gasteiger partial charge in [0.1, 0.15) is 0 Å². The molecule has 22 heavy (non-hydrogen) atoms. The molecule has 0 spiro atoms. The van der Waals surface area contributed by atoms with Gasteiger partial charge in [0.05, 0.1) is 6.04 Å². The summed E-state index contributed by atoms with van der Waals surface area (Å²) in [6.07, 6.45) is 5.16. The second kappa shape index (κ2) is 9.86. The van der Waals surface area contributed by atoms with E-state index in [2.05, 4.69) is 36.2 Å². The van der Waals surface area contributed by atoms with Crippen molar-refractivity contribution in [1.82, 2.24) is 10.2 Å². The van der Waals surface area contributed by atoms with Crippen molar-refractivity contribution in [2.45, 2.75) is 58.0 Å². The van der Waals surface area contributed by atoms with Crippen LogP contribution < -0.4 is 5.32 Å². The van der Waals surface area contributed by atoms with Gasteiger partial charge in [-0.2, -0.15) is 0 Å². The first kappa shape index (κ1) is 19.0. The maximum Gasteiger partial charge on any atom is 0.224 e. The number of unbranched alkanes of at least 4 members (excludes halogenated alkanes) is 1. The molecule has 2 atom stereocenters. The van der Waals surface area contributed by atoms with Gasteiger partial charge in [0.2, 0.25) is 5.91 Å². The molecule has 0 saturated carbocycles. The number of benzene rings is 1. The number of hydrogen-bond donors (Lipinski definition) is 1. The van der Waals surface area contributed by atoms with Crippen molar-refractivity contribution in [2.24, 2.45) is 0 Å². The van der Waals surface area contributed by atoms with Gasteiger partial charge in [-0.3, -0.25) is 4.79 Å². The molecule has 1 aliphatic rings. The summed E-state index contributed by atoms with van der Waals surface area (Å²) in [5.41, 5.74) is 1.22. The summed E-state index contributed by atoms with van der Waals surface area (Å²) in [6, 6.07) is 10.9. The zero-order chi connectivity index (χ0) is 15.1. The van der Waals surface area contributed by atoms with Gasteiger partial charge < -0.3 is 10.2 Å². The van der Waals surface area contributed by atoms with Gasteiger partial charge in [-0.05, 0) is 38.3 Å². The molecular formula is C18H29ClN2O. The Kier molecular flexibility index (Phi) is 8.51. The minimum atomic E-state index is 0. The van der Waals surface area contributed by atoms with Gasteiger partial charge in [0, 0.05) is 19.0 Å². The predicted octanol–water partition coefficient (Wildman–Crippen LogP) is 3.94. The van der Waals surface area contributed by atoms with Crippen molar-refractivity contribution in [1.29, 1.82) is 0 Å². The van der Waals surface area contributed by atoms with Crippen molar-refractivity contribution < 1.29 is 4.79 Å². The molecule has 0 aromatic heterocycles. The lowest BCUT2D eigenvalue weighted by atomic mass is 10.0. The molecule has 0 aliphatic carbocycles. The Balaban J connectivity index is 0.00000242. The van der Waals surface area contributed by atoms with Gasteiger partial charge in [-0.15, -0.1) is 12.4 Å². The molecule has 1 amide bonds.